The van der Waals surface area contributed by atoms with Crippen molar-refractivity contribution in [1.29, 1.82) is 0 Å². The Hall–Kier alpha value is -0.330. The maximum absolute atomic E-state index is 12.8. The van der Waals surface area contributed by atoms with E-state index < -0.39 is 0 Å². The van der Waals surface area contributed by atoms with E-state index in [1.165, 1.54) is 12.1 Å². The third-order valence-electron chi connectivity index (χ3n) is 1.37. The normalized spacial score (nSPS) is 9.15. The van der Waals surface area contributed by atoms with Crippen molar-refractivity contribution in [2.75, 3.05) is 5.33 Å². The summed E-state index contributed by atoms with van der Waals surface area (Å²) in [5.41, 5.74) is 0.695. The van der Waals surface area contributed by atoms with Gasteiger partial charge in [0, 0.05) is 21.8 Å². The van der Waals surface area contributed by atoms with Gasteiger partial charge in [-0.3, -0.25) is 0 Å². The van der Waals surface area contributed by atoms with E-state index in [0.717, 1.165) is 16.2 Å². The fourth-order valence-electron chi connectivity index (χ4n) is 0.798. The van der Waals surface area contributed by atoms with E-state index in [1.807, 2.05) is 0 Å². The van der Waals surface area contributed by atoms with Gasteiger partial charge in [-0.25, -0.2) is 4.39 Å². The minimum atomic E-state index is -0.258. The van der Waals surface area contributed by atoms with E-state index in [1.54, 1.807) is 6.07 Å². The number of benzene rings is 1. The summed E-state index contributed by atoms with van der Waals surface area (Å²) in [6.07, 6.45) is 0.767. The maximum Gasteiger partial charge on any atom is 0.124 e. The van der Waals surface area contributed by atoms with Crippen LogP contribution in [0.4, 0.5) is 4.39 Å². The van der Waals surface area contributed by atoms with E-state index in [-0.39, 0.29) is 5.82 Å². The quantitative estimate of drug-likeness (QED) is 0.548. The van der Waals surface area contributed by atoms with Gasteiger partial charge in [0.25, 0.3) is 0 Å². The zero-order valence-corrected chi connectivity index (χ0v) is 9.95. The molecule has 68 valence electrons. The first kappa shape index (κ1) is 10.7. The highest BCUT2D eigenvalue weighted by atomic mass is 79.9. The third-order valence-corrected chi connectivity index (χ3v) is 2.46. The minimum Gasteiger partial charge on any atom is -0.207 e. The molecule has 0 aliphatic carbocycles. The first-order chi connectivity index (χ1) is 6.24. The van der Waals surface area contributed by atoms with Crippen LogP contribution in [0.15, 0.2) is 22.7 Å². The lowest BCUT2D eigenvalue weighted by Gasteiger charge is -1.94. The highest BCUT2D eigenvalue weighted by Gasteiger charge is 1.97. The van der Waals surface area contributed by atoms with Crippen molar-refractivity contribution in [1.82, 2.24) is 0 Å². The second-order valence-corrected chi connectivity index (χ2v) is 4.01. The van der Waals surface area contributed by atoms with Crippen molar-refractivity contribution in [3.63, 3.8) is 0 Å². The summed E-state index contributed by atoms with van der Waals surface area (Å²) in [7, 11) is 0. The van der Waals surface area contributed by atoms with Gasteiger partial charge < -0.3 is 0 Å². The van der Waals surface area contributed by atoms with E-state index in [0.29, 0.717) is 5.56 Å². The number of halogens is 3. The molecule has 0 heterocycles. The van der Waals surface area contributed by atoms with Crippen LogP contribution < -0.4 is 0 Å². The van der Waals surface area contributed by atoms with Crippen LogP contribution in [-0.2, 0) is 0 Å². The van der Waals surface area contributed by atoms with Crippen molar-refractivity contribution in [3.05, 3.63) is 34.1 Å². The van der Waals surface area contributed by atoms with E-state index in [2.05, 4.69) is 43.7 Å². The summed E-state index contributed by atoms with van der Waals surface area (Å²) in [5, 5.41) is 0.840. The Morgan fingerprint density at radius 3 is 2.85 bits per heavy atom. The molecule has 1 rings (SSSR count). The Morgan fingerprint density at radius 1 is 1.38 bits per heavy atom. The van der Waals surface area contributed by atoms with Crippen LogP contribution in [0, 0.1) is 17.7 Å². The predicted molar refractivity (Wildman–Crippen MR) is 59.4 cm³/mol. The van der Waals surface area contributed by atoms with Gasteiger partial charge in [-0.2, -0.15) is 0 Å². The monoisotopic (exact) mass is 304 g/mol. The SMILES string of the molecule is Fc1ccc(Br)c(C#CCCBr)c1. The summed E-state index contributed by atoms with van der Waals surface area (Å²) in [5.74, 6) is 5.56. The van der Waals surface area contributed by atoms with Gasteiger partial charge in [-0.05, 0) is 34.1 Å². The van der Waals surface area contributed by atoms with Crippen LogP contribution >= 0.6 is 31.9 Å². The van der Waals surface area contributed by atoms with E-state index in [4.69, 9.17) is 0 Å². The molecular formula is C10H7Br2F. The summed E-state index contributed by atoms with van der Waals surface area (Å²) in [6.45, 7) is 0. The second-order valence-electron chi connectivity index (χ2n) is 2.36. The lowest BCUT2D eigenvalue weighted by molar-refractivity contribution is 0.627. The molecule has 0 unspecified atom stereocenters. The van der Waals surface area contributed by atoms with Crippen LogP contribution in [0.2, 0.25) is 0 Å². The van der Waals surface area contributed by atoms with Crippen molar-refractivity contribution in [2.45, 2.75) is 6.42 Å². The standard InChI is InChI=1S/C10H7Br2F/c11-6-2-1-3-8-7-9(13)4-5-10(8)12/h4-5,7H,2,6H2. The first-order valence-corrected chi connectivity index (χ1v) is 5.65. The summed E-state index contributed by atoms with van der Waals surface area (Å²) >= 11 is 6.57. The molecule has 0 amide bonds. The number of hydrogen-bond acceptors (Lipinski definition) is 0. The van der Waals surface area contributed by atoms with Crippen molar-refractivity contribution in [3.8, 4) is 11.8 Å². The Labute approximate surface area is 93.8 Å². The van der Waals surface area contributed by atoms with Gasteiger partial charge in [0.1, 0.15) is 5.82 Å². The molecule has 0 nitrogen and oxygen atoms in total. The molecule has 0 atom stereocenters. The zero-order chi connectivity index (χ0) is 9.68. The Kier molecular flexibility index (Phi) is 4.47. The fourth-order valence-corrected chi connectivity index (χ4v) is 1.34. The highest BCUT2D eigenvalue weighted by molar-refractivity contribution is 9.10. The smallest absolute Gasteiger partial charge is 0.124 e. The zero-order valence-electron chi connectivity index (χ0n) is 6.78. The molecule has 0 spiro atoms. The van der Waals surface area contributed by atoms with Crippen molar-refractivity contribution in [2.24, 2.45) is 0 Å². The molecule has 0 N–H and O–H groups in total. The second kappa shape index (κ2) is 5.41. The lowest BCUT2D eigenvalue weighted by Crippen LogP contribution is -1.80. The summed E-state index contributed by atoms with van der Waals surface area (Å²) in [6, 6.07) is 4.48. The first-order valence-electron chi connectivity index (χ1n) is 3.74. The molecule has 0 fully saturated rings. The Morgan fingerprint density at radius 2 is 2.15 bits per heavy atom. The van der Waals surface area contributed by atoms with Crippen LogP contribution in [0.1, 0.15) is 12.0 Å². The number of hydrogen-bond donors (Lipinski definition) is 0. The predicted octanol–water partition coefficient (Wildman–Crippen LogP) is 3.72. The molecule has 0 aromatic heterocycles. The van der Waals surface area contributed by atoms with Crippen molar-refractivity contribution < 1.29 is 4.39 Å². The van der Waals surface area contributed by atoms with Gasteiger partial charge in [-0.15, -0.1) is 0 Å². The van der Waals surface area contributed by atoms with Crippen LogP contribution in [0.25, 0.3) is 0 Å². The molecule has 1 aromatic rings. The van der Waals surface area contributed by atoms with Gasteiger partial charge in [0.05, 0.1) is 0 Å². The average molecular weight is 306 g/mol. The maximum atomic E-state index is 12.8. The van der Waals surface area contributed by atoms with Crippen molar-refractivity contribution >= 4 is 31.9 Å². The lowest BCUT2D eigenvalue weighted by atomic mass is 10.2. The van der Waals surface area contributed by atoms with Gasteiger partial charge >= 0.3 is 0 Å². The summed E-state index contributed by atoms with van der Waals surface area (Å²) in [4.78, 5) is 0. The molecule has 0 aliphatic heterocycles. The molecular weight excluding hydrogens is 299 g/mol. The number of alkyl halides is 1. The fraction of sp³-hybridized carbons (Fsp3) is 0.200. The minimum absolute atomic E-state index is 0.258. The Balaban J connectivity index is 2.89. The molecule has 13 heavy (non-hydrogen) atoms. The molecule has 1 aromatic carbocycles. The summed E-state index contributed by atoms with van der Waals surface area (Å²) < 4.78 is 13.6. The molecule has 0 saturated heterocycles. The van der Waals surface area contributed by atoms with Crippen LogP contribution in [0.5, 0.6) is 0 Å². The topological polar surface area (TPSA) is 0 Å². The van der Waals surface area contributed by atoms with E-state index >= 15 is 0 Å². The van der Waals surface area contributed by atoms with Crippen LogP contribution in [-0.4, -0.2) is 5.33 Å². The molecule has 0 bridgehead atoms. The van der Waals surface area contributed by atoms with Crippen LogP contribution in [0.3, 0.4) is 0 Å². The number of rotatable bonds is 1. The van der Waals surface area contributed by atoms with Gasteiger partial charge in [0.2, 0.25) is 0 Å². The average Bonchev–Trinajstić information content (AvgIpc) is 2.11. The van der Waals surface area contributed by atoms with Gasteiger partial charge in [-0.1, -0.05) is 27.8 Å². The third kappa shape index (κ3) is 3.50. The molecule has 0 saturated carbocycles. The highest BCUT2D eigenvalue weighted by Crippen LogP contribution is 2.16. The largest absolute Gasteiger partial charge is 0.207 e. The molecule has 0 radical (unpaired) electrons. The molecule has 0 aliphatic rings. The van der Waals surface area contributed by atoms with Gasteiger partial charge in [0.15, 0.2) is 0 Å². The Bertz CT molecular complexity index is 350. The van der Waals surface area contributed by atoms with E-state index in [9.17, 15) is 4.39 Å². The molecule has 3 heteroatoms.